The van der Waals surface area contributed by atoms with Crippen LogP contribution in [0.15, 0.2) is 29.8 Å². The third kappa shape index (κ3) is 3.21. The van der Waals surface area contributed by atoms with Crippen molar-refractivity contribution in [2.75, 3.05) is 0 Å². The Morgan fingerprint density at radius 1 is 1.54 bits per heavy atom. The molecule has 70 valence electrons. The summed E-state index contributed by atoms with van der Waals surface area (Å²) in [4.78, 5) is 0. The first-order chi connectivity index (χ1) is 6.09. The molecule has 2 N–H and O–H groups in total. The zero-order valence-electron chi connectivity index (χ0n) is 7.92. The lowest BCUT2D eigenvalue weighted by Gasteiger charge is -2.04. The highest BCUT2D eigenvalue weighted by molar-refractivity contribution is 6.30. The van der Waals surface area contributed by atoms with Crippen molar-refractivity contribution in [3.63, 3.8) is 0 Å². The van der Waals surface area contributed by atoms with Gasteiger partial charge in [-0.25, -0.2) is 0 Å². The fourth-order valence-corrected chi connectivity index (χ4v) is 1.19. The van der Waals surface area contributed by atoms with E-state index in [0.29, 0.717) is 0 Å². The highest BCUT2D eigenvalue weighted by Gasteiger charge is 1.96. The number of hydrogen-bond acceptors (Lipinski definition) is 1. The second-order valence-corrected chi connectivity index (χ2v) is 3.67. The van der Waals surface area contributed by atoms with E-state index < -0.39 is 0 Å². The Balaban J connectivity index is 2.91. The average Bonchev–Trinajstić information content (AvgIpc) is 2.04. The standard InChI is InChI=1S/C11H14ClN/c1-8(9(2)13)6-10-4-3-5-11(12)7-10/h3-7,9H,13H2,1-2H3/b8-6+. The van der Waals surface area contributed by atoms with Crippen LogP contribution in [0.4, 0.5) is 0 Å². The van der Waals surface area contributed by atoms with Crippen LogP contribution in [-0.2, 0) is 0 Å². The second kappa shape index (κ2) is 4.45. The van der Waals surface area contributed by atoms with Crippen LogP contribution < -0.4 is 5.73 Å². The minimum Gasteiger partial charge on any atom is -0.324 e. The van der Waals surface area contributed by atoms with Gasteiger partial charge in [0.25, 0.3) is 0 Å². The van der Waals surface area contributed by atoms with Gasteiger partial charge in [0.05, 0.1) is 0 Å². The smallest absolute Gasteiger partial charge is 0.0411 e. The molecule has 0 fully saturated rings. The minimum atomic E-state index is 0.0963. The van der Waals surface area contributed by atoms with Crippen molar-refractivity contribution in [3.8, 4) is 0 Å². The SMILES string of the molecule is C/C(=C\c1cccc(Cl)c1)C(C)N. The topological polar surface area (TPSA) is 26.0 Å². The fraction of sp³-hybridized carbons (Fsp3) is 0.273. The molecule has 1 unspecified atom stereocenters. The molecule has 13 heavy (non-hydrogen) atoms. The average molecular weight is 196 g/mol. The number of hydrogen-bond donors (Lipinski definition) is 1. The first-order valence-electron chi connectivity index (χ1n) is 4.29. The van der Waals surface area contributed by atoms with Gasteiger partial charge in [-0.1, -0.05) is 35.4 Å². The van der Waals surface area contributed by atoms with E-state index in [1.54, 1.807) is 0 Å². The van der Waals surface area contributed by atoms with E-state index >= 15 is 0 Å². The molecule has 1 aromatic rings. The summed E-state index contributed by atoms with van der Waals surface area (Å²) in [5.41, 5.74) is 7.97. The van der Waals surface area contributed by atoms with Crippen molar-refractivity contribution in [2.24, 2.45) is 5.73 Å². The van der Waals surface area contributed by atoms with E-state index in [0.717, 1.165) is 16.2 Å². The highest BCUT2D eigenvalue weighted by Crippen LogP contribution is 2.14. The van der Waals surface area contributed by atoms with Crippen LogP contribution >= 0.6 is 11.6 Å². The lowest BCUT2D eigenvalue weighted by atomic mass is 10.1. The molecule has 1 aromatic carbocycles. The van der Waals surface area contributed by atoms with Crippen molar-refractivity contribution in [2.45, 2.75) is 19.9 Å². The quantitative estimate of drug-likeness (QED) is 0.771. The Morgan fingerprint density at radius 3 is 2.77 bits per heavy atom. The Labute approximate surface area is 84.2 Å². The Bertz CT molecular complexity index is 316. The number of nitrogens with two attached hydrogens (primary N) is 1. The highest BCUT2D eigenvalue weighted by atomic mass is 35.5. The zero-order chi connectivity index (χ0) is 9.84. The molecule has 1 atom stereocenters. The monoisotopic (exact) mass is 195 g/mol. The summed E-state index contributed by atoms with van der Waals surface area (Å²) in [7, 11) is 0. The first-order valence-corrected chi connectivity index (χ1v) is 4.67. The largest absolute Gasteiger partial charge is 0.324 e. The van der Waals surface area contributed by atoms with Crippen LogP contribution in [0, 0.1) is 0 Å². The van der Waals surface area contributed by atoms with Gasteiger partial charge >= 0.3 is 0 Å². The third-order valence-corrected chi connectivity index (χ3v) is 2.20. The molecule has 0 bridgehead atoms. The molecule has 0 amide bonds. The van der Waals surface area contributed by atoms with Gasteiger partial charge in [-0.2, -0.15) is 0 Å². The van der Waals surface area contributed by atoms with Crippen LogP contribution in [0.3, 0.4) is 0 Å². The molecule has 2 heteroatoms. The summed E-state index contributed by atoms with van der Waals surface area (Å²) in [6, 6.07) is 7.83. The van der Waals surface area contributed by atoms with Crippen LogP contribution in [0.2, 0.25) is 5.02 Å². The van der Waals surface area contributed by atoms with Gasteiger partial charge in [0.15, 0.2) is 0 Å². The summed E-state index contributed by atoms with van der Waals surface area (Å²) in [6.45, 7) is 3.99. The molecule has 0 radical (unpaired) electrons. The minimum absolute atomic E-state index is 0.0963. The zero-order valence-corrected chi connectivity index (χ0v) is 8.68. The van der Waals surface area contributed by atoms with Gasteiger partial charge in [0.2, 0.25) is 0 Å². The maximum absolute atomic E-state index is 5.85. The van der Waals surface area contributed by atoms with Crippen LogP contribution in [0.25, 0.3) is 6.08 Å². The van der Waals surface area contributed by atoms with Gasteiger partial charge in [-0.15, -0.1) is 0 Å². The molecule has 0 saturated heterocycles. The maximum Gasteiger partial charge on any atom is 0.0411 e. The summed E-state index contributed by atoms with van der Waals surface area (Å²) < 4.78 is 0. The summed E-state index contributed by atoms with van der Waals surface area (Å²) >= 11 is 5.85. The summed E-state index contributed by atoms with van der Waals surface area (Å²) in [5, 5.41) is 0.756. The van der Waals surface area contributed by atoms with Gasteiger partial charge in [0, 0.05) is 11.1 Å². The van der Waals surface area contributed by atoms with Crippen LogP contribution in [0.1, 0.15) is 19.4 Å². The maximum atomic E-state index is 5.85. The molecular formula is C11H14ClN. The molecule has 1 nitrogen and oxygen atoms in total. The van der Waals surface area contributed by atoms with E-state index in [9.17, 15) is 0 Å². The Kier molecular flexibility index (Phi) is 3.52. The predicted octanol–water partition coefficient (Wildman–Crippen LogP) is 3.09. The molecule has 0 aliphatic rings. The van der Waals surface area contributed by atoms with Crippen molar-refractivity contribution < 1.29 is 0 Å². The number of rotatable bonds is 2. The first kappa shape index (κ1) is 10.3. The van der Waals surface area contributed by atoms with Crippen LogP contribution in [-0.4, -0.2) is 6.04 Å². The molecule has 0 aromatic heterocycles. The molecule has 1 rings (SSSR count). The van der Waals surface area contributed by atoms with Gasteiger partial charge in [-0.05, 0) is 31.5 Å². The van der Waals surface area contributed by atoms with E-state index in [4.69, 9.17) is 17.3 Å². The lowest BCUT2D eigenvalue weighted by Crippen LogP contribution is -2.15. The van der Waals surface area contributed by atoms with Crippen molar-refractivity contribution in [1.29, 1.82) is 0 Å². The fourth-order valence-electron chi connectivity index (χ4n) is 0.991. The van der Waals surface area contributed by atoms with E-state index in [2.05, 4.69) is 6.08 Å². The molecule has 0 aliphatic carbocycles. The lowest BCUT2D eigenvalue weighted by molar-refractivity contribution is 0.868. The third-order valence-electron chi connectivity index (χ3n) is 1.96. The molecule has 0 saturated carbocycles. The van der Waals surface area contributed by atoms with Crippen molar-refractivity contribution >= 4 is 17.7 Å². The number of benzene rings is 1. The Morgan fingerprint density at radius 2 is 2.23 bits per heavy atom. The van der Waals surface area contributed by atoms with Gasteiger partial charge in [-0.3, -0.25) is 0 Å². The van der Waals surface area contributed by atoms with Gasteiger partial charge in [0.1, 0.15) is 0 Å². The van der Waals surface area contributed by atoms with Crippen LogP contribution in [0.5, 0.6) is 0 Å². The molecule has 0 spiro atoms. The molecule has 0 heterocycles. The number of halogens is 1. The molecule has 0 aliphatic heterocycles. The normalized spacial score (nSPS) is 14.3. The van der Waals surface area contributed by atoms with Crippen molar-refractivity contribution in [3.05, 3.63) is 40.4 Å². The molecular weight excluding hydrogens is 182 g/mol. The summed E-state index contributed by atoms with van der Waals surface area (Å²) in [5.74, 6) is 0. The van der Waals surface area contributed by atoms with E-state index in [1.807, 2.05) is 38.1 Å². The van der Waals surface area contributed by atoms with Gasteiger partial charge < -0.3 is 5.73 Å². The van der Waals surface area contributed by atoms with E-state index in [-0.39, 0.29) is 6.04 Å². The predicted molar refractivity (Wildman–Crippen MR) is 58.8 cm³/mol. The summed E-state index contributed by atoms with van der Waals surface area (Å²) in [6.07, 6.45) is 2.05. The van der Waals surface area contributed by atoms with Crippen molar-refractivity contribution in [1.82, 2.24) is 0 Å². The van der Waals surface area contributed by atoms with E-state index in [1.165, 1.54) is 0 Å². The second-order valence-electron chi connectivity index (χ2n) is 3.23. The Hall–Kier alpha value is -0.790.